The predicted octanol–water partition coefficient (Wildman–Crippen LogP) is 0.595. The van der Waals surface area contributed by atoms with Gasteiger partial charge in [-0.2, -0.15) is 0 Å². The standard InChI is InChI=1S/C6H9O3.Y/c1-5(4-7)2-3-6(8)9;/h5H,2-3H2,1H3,(H,8,9);/q-1;. The van der Waals surface area contributed by atoms with Gasteiger partial charge in [0.25, 0.3) is 0 Å². The monoisotopic (exact) mass is 218 g/mol. The van der Waals surface area contributed by atoms with Gasteiger partial charge in [0, 0.05) is 39.1 Å². The molecule has 55 valence electrons. The smallest absolute Gasteiger partial charge is 0.303 e. The van der Waals surface area contributed by atoms with Crippen LogP contribution in [0.15, 0.2) is 0 Å². The summed E-state index contributed by atoms with van der Waals surface area (Å²) in [6.45, 7) is 1.65. The van der Waals surface area contributed by atoms with E-state index >= 15 is 0 Å². The number of hydrogen-bond acceptors (Lipinski definition) is 2. The summed E-state index contributed by atoms with van der Waals surface area (Å²) in [7, 11) is 0. The molecule has 0 saturated carbocycles. The molecule has 0 rings (SSSR count). The minimum absolute atomic E-state index is 0. The summed E-state index contributed by atoms with van der Waals surface area (Å²) in [4.78, 5) is 19.7. The molecule has 1 unspecified atom stereocenters. The second-order valence-electron chi connectivity index (χ2n) is 1.95. The molecule has 0 fully saturated rings. The molecule has 1 N–H and O–H groups in total. The fourth-order valence-corrected chi connectivity index (χ4v) is 0.399. The van der Waals surface area contributed by atoms with Crippen LogP contribution in [0, 0.1) is 5.92 Å². The average molecular weight is 218 g/mol. The number of carbonyl (C=O) groups is 1. The first-order valence-electron chi connectivity index (χ1n) is 2.76. The maximum atomic E-state index is 9.89. The molecular weight excluding hydrogens is 209 g/mol. The van der Waals surface area contributed by atoms with Crippen LogP contribution in [-0.4, -0.2) is 17.4 Å². The minimum Gasteiger partial charge on any atom is -0.542 e. The van der Waals surface area contributed by atoms with Crippen molar-refractivity contribution < 1.29 is 47.4 Å². The first-order valence-corrected chi connectivity index (χ1v) is 2.76. The topological polar surface area (TPSA) is 54.4 Å². The van der Waals surface area contributed by atoms with Gasteiger partial charge in [-0.25, -0.2) is 0 Å². The molecule has 0 spiro atoms. The molecule has 0 aliphatic rings. The molecule has 0 amide bonds. The number of rotatable bonds is 4. The van der Waals surface area contributed by atoms with E-state index in [2.05, 4.69) is 0 Å². The molecule has 3 nitrogen and oxygen atoms in total. The maximum absolute atomic E-state index is 9.89. The Morgan fingerprint density at radius 3 is 2.50 bits per heavy atom. The van der Waals surface area contributed by atoms with Gasteiger partial charge in [-0.15, -0.1) is 5.92 Å². The van der Waals surface area contributed by atoms with Crippen molar-refractivity contribution in [2.45, 2.75) is 19.8 Å². The number of carboxylic acids is 1. The Bertz CT molecular complexity index is 114. The molecular formula is C6H9O3Y-. The summed E-state index contributed by atoms with van der Waals surface area (Å²) < 4.78 is 0. The van der Waals surface area contributed by atoms with E-state index in [1.165, 1.54) is 0 Å². The third kappa shape index (κ3) is 8.24. The molecule has 1 radical (unpaired) electrons. The van der Waals surface area contributed by atoms with Gasteiger partial charge in [0.1, 0.15) is 0 Å². The Morgan fingerprint density at radius 1 is 1.70 bits per heavy atom. The average Bonchev–Trinajstić information content (AvgIpc) is 1.83. The Kier molecular flexibility index (Phi) is 9.47. The second kappa shape index (κ2) is 7.35. The predicted molar refractivity (Wildman–Crippen MR) is 31.7 cm³/mol. The molecule has 10 heavy (non-hydrogen) atoms. The van der Waals surface area contributed by atoms with E-state index in [4.69, 9.17) is 5.11 Å². The van der Waals surface area contributed by atoms with E-state index in [1.54, 1.807) is 13.2 Å². The fourth-order valence-electron chi connectivity index (χ4n) is 0.399. The van der Waals surface area contributed by atoms with Crippen molar-refractivity contribution >= 4 is 12.3 Å². The first-order chi connectivity index (χ1) is 4.16. The molecule has 0 aromatic carbocycles. The molecule has 0 aliphatic heterocycles. The van der Waals surface area contributed by atoms with E-state index < -0.39 is 5.97 Å². The van der Waals surface area contributed by atoms with E-state index in [1.807, 2.05) is 0 Å². The van der Waals surface area contributed by atoms with Crippen LogP contribution >= 0.6 is 0 Å². The van der Waals surface area contributed by atoms with Crippen LogP contribution in [0.3, 0.4) is 0 Å². The number of hydrogen-bond donors (Lipinski definition) is 1. The van der Waals surface area contributed by atoms with Crippen molar-refractivity contribution in [2.75, 3.05) is 0 Å². The van der Waals surface area contributed by atoms with Crippen LogP contribution in [0.2, 0.25) is 0 Å². The summed E-state index contributed by atoms with van der Waals surface area (Å²) in [6, 6.07) is 0. The van der Waals surface area contributed by atoms with Crippen LogP contribution in [0.25, 0.3) is 0 Å². The van der Waals surface area contributed by atoms with E-state index in [0.29, 0.717) is 6.42 Å². The number of carboxylic acid groups (broad SMARTS) is 1. The van der Waals surface area contributed by atoms with Gasteiger partial charge in [0.05, 0.1) is 0 Å². The third-order valence-corrected chi connectivity index (χ3v) is 0.992. The van der Waals surface area contributed by atoms with Crippen molar-refractivity contribution in [1.29, 1.82) is 0 Å². The zero-order chi connectivity index (χ0) is 7.28. The van der Waals surface area contributed by atoms with Crippen molar-refractivity contribution in [2.24, 2.45) is 5.92 Å². The van der Waals surface area contributed by atoms with Crippen LogP contribution < -0.4 is 0 Å². The molecule has 0 aromatic heterocycles. The summed E-state index contributed by atoms with van der Waals surface area (Å²) in [5.74, 6) is -1.11. The van der Waals surface area contributed by atoms with Crippen molar-refractivity contribution in [1.82, 2.24) is 0 Å². The number of aliphatic carboxylic acids is 1. The Hall–Kier alpha value is 0.244. The SMILES string of the molecule is CC([C-]=O)CCC(=O)O.[Y]. The zero-order valence-electron chi connectivity index (χ0n) is 5.83. The fraction of sp³-hybridized carbons (Fsp3) is 0.667. The minimum atomic E-state index is -0.864. The van der Waals surface area contributed by atoms with Gasteiger partial charge in [-0.3, -0.25) is 11.1 Å². The molecule has 0 aromatic rings. The Labute approximate surface area is 85.1 Å². The van der Waals surface area contributed by atoms with Crippen molar-refractivity contribution in [3.8, 4) is 0 Å². The number of carbonyl (C=O) groups excluding carboxylic acids is 1. The van der Waals surface area contributed by atoms with Gasteiger partial charge in [-0.05, 0) is 0 Å². The molecule has 1 atom stereocenters. The second-order valence-corrected chi connectivity index (χ2v) is 1.95. The molecule has 4 heteroatoms. The van der Waals surface area contributed by atoms with Gasteiger partial charge >= 0.3 is 5.97 Å². The summed E-state index contributed by atoms with van der Waals surface area (Å²) in [5, 5.41) is 8.13. The Balaban J connectivity index is 0. The van der Waals surface area contributed by atoms with E-state index in [9.17, 15) is 9.59 Å². The van der Waals surface area contributed by atoms with Crippen LogP contribution in [0.5, 0.6) is 0 Å². The first kappa shape index (κ1) is 12.9. The van der Waals surface area contributed by atoms with Gasteiger partial charge in [0.15, 0.2) is 0 Å². The molecule has 0 aliphatic carbocycles. The van der Waals surface area contributed by atoms with Crippen LogP contribution in [0.4, 0.5) is 0 Å². The van der Waals surface area contributed by atoms with Crippen molar-refractivity contribution in [3.63, 3.8) is 0 Å². The van der Waals surface area contributed by atoms with E-state index in [0.717, 1.165) is 0 Å². The molecule has 0 bridgehead atoms. The van der Waals surface area contributed by atoms with Crippen molar-refractivity contribution in [3.05, 3.63) is 0 Å². The van der Waals surface area contributed by atoms with Gasteiger partial charge in [0.2, 0.25) is 0 Å². The van der Waals surface area contributed by atoms with E-state index in [-0.39, 0.29) is 45.0 Å². The van der Waals surface area contributed by atoms with Gasteiger partial charge < -0.3 is 9.90 Å². The quantitative estimate of drug-likeness (QED) is 0.702. The Morgan fingerprint density at radius 2 is 2.20 bits per heavy atom. The summed E-state index contributed by atoms with van der Waals surface area (Å²) >= 11 is 0. The third-order valence-electron chi connectivity index (χ3n) is 0.992. The largest absolute Gasteiger partial charge is 0.542 e. The molecule has 0 heterocycles. The van der Waals surface area contributed by atoms with Gasteiger partial charge in [-0.1, -0.05) is 13.3 Å². The normalized spacial score (nSPS) is 11.3. The van der Waals surface area contributed by atoms with Crippen LogP contribution in [0.1, 0.15) is 19.8 Å². The zero-order valence-corrected chi connectivity index (χ0v) is 8.67. The summed E-state index contributed by atoms with van der Waals surface area (Å²) in [6.07, 6.45) is 2.15. The molecule has 0 saturated heterocycles. The maximum Gasteiger partial charge on any atom is 0.303 e. The summed E-state index contributed by atoms with van der Waals surface area (Å²) in [5.41, 5.74) is 0. The van der Waals surface area contributed by atoms with Crippen LogP contribution in [-0.2, 0) is 42.3 Å².